The van der Waals surface area contributed by atoms with Crippen LogP contribution in [0.15, 0.2) is 61.6 Å². The van der Waals surface area contributed by atoms with E-state index in [9.17, 15) is 9.59 Å². The zero-order chi connectivity index (χ0) is 31.1. The highest BCUT2D eigenvalue weighted by Crippen LogP contribution is 2.34. The van der Waals surface area contributed by atoms with E-state index >= 15 is 0 Å². The highest BCUT2D eigenvalue weighted by molar-refractivity contribution is 6.33. The van der Waals surface area contributed by atoms with E-state index in [4.69, 9.17) is 21.1 Å². The number of ether oxygens (including phenoxy) is 2. The van der Waals surface area contributed by atoms with E-state index in [1.54, 1.807) is 56.1 Å². The predicted molar refractivity (Wildman–Crippen MR) is 166 cm³/mol. The van der Waals surface area contributed by atoms with Crippen molar-refractivity contribution < 1.29 is 19.1 Å². The molecule has 1 aromatic carbocycles. The first-order valence-corrected chi connectivity index (χ1v) is 14.0. The highest BCUT2D eigenvalue weighted by Gasteiger charge is 2.29. The molecule has 0 aliphatic carbocycles. The Bertz CT molecular complexity index is 1450. The number of benzene rings is 1. The van der Waals surface area contributed by atoms with E-state index in [2.05, 4.69) is 47.7 Å². The fourth-order valence-electron chi connectivity index (χ4n) is 3.71. The topological polar surface area (TPSA) is 111 Å². The number of amides is 2. The minimum absolute atomic E-state index is 0.00753. The lowest BCUT2D eigenvalue weighted by Crippen LogP contribution is -2.34. The lowest BCUT2D eigenvalue weighted by Gasteiger charge is -2.25. The van der Waals surface area contributed by atoms with Gasteiger partial charge in [-0.3, -0.25) is 10.00 Å². The number of anilines is 3. The van der Waals surface area contributed by atoms with Gasteiger partial charge in [0.05, 0.1) is 28.8 Å². The summed E-state index contributed by atoms with van der Waals surface area (Å²) in [6.45, 7) is 17.9. The van der Waals surface area contributed by atoms with Crippen molar-refractivity contribution in [2.24, 2.45) is 5.41 Å². The fraction of sp³-hybridized carbons (Fsp3) is 0.387. The molecule has 0 aliphatic heterocycles. The minimum atomic E-state index is -0.767. The number of nitrogens with zero attached hydrogens (tertiary/aromatic N) is 5. The fourth-order valence-corrected chi connectivity index (χ4v) is 3.91. The zero-order valence-corrected chi connectivity index (χ0v) is 26.0. The number of halogens is 1. The molecule has 1 N–H and O–H groups in total. The van der Waals surface area contributed by atoms with Crippen molar-refractivity contribution in [3.8, 4) is 11.3 Å². The average Bonchev–Trinajstić information content (AvgIpc) is 3.34. The van der Waals surface area contributed by atoms with E-state index in [0.717, 1.165) is 5.56 Å². The van der Waals surface area contributed by atoms with Crippen molar-refractivity contribution >= 4 is 41.1 Å². The van der Waals surface area contributed by atoms with Crippen molar-refractivity contribution in [1.29, 1.82) is 0 Å². The second kappa shape index (κ2) is 13.7. The van der Waals surface area contributed by atoms with Crippen LogP contribution in [0, 0.1) is 12.3 Å². The summed E-state index contributed by atoms with van der Waals surface area (Å²) < 4.78 is 12.6. The van der Waals surface area contributed by atoms with Gasteiger partial charge in [0.1, 0.15) is 12.2 Å². The van der Waals surface area contributed by atoms with Gasteiger partial charge in [-0.1, -0.05) is 56.7 Å². The van der Waals surface area contributed by atoms with Crippen LogP contribution in [-0.4, -0.2) is 44.1 Å². The maximum Gasteiger partial charge on any atom is 0.422 e. The summed E-state index contributed by atoms with van der Waals surface area (Å²) in [5.74, 6) is 0.0507. The summed E-state index contributed by atoms with van der Waals surface area (Å²) in [5, 5.41) is 7.35. The smallest absolute Gasteiger partial charge is 0.422 e. The highest BCUT2D eigenvalue weighted by atomic mass is 35.5. The molecule has 0 radical (unpaired) electrons. The molecule has 0 spiro atoms. The Hall–Kier alpha value is -4.18. The number of rotatable bonds is 9. The first kappa shape index (κ1) is 32.3. The zero-order valence-electron chi connectivity index (χ0n) is 25.3. The van der Waals surface area contributed by atoms with Gasteiger partial charge < -0.3 is 9.47 Å². The molecule has 2 aromatic heterocycles. The van der Waals surface area contributed by atoms with Crippen LogP contribution in [0.4, 0.5) is 26.9 Å². The van der Waals surface area contributed by atoms with Crippen LogP contribution in [0.1, 0.15) is 53.5 Å². The van der Waals surface area contributed by atoms with Gasteiger partial charge in [0.25, 0.3) is 0 Å². The first-order valence-electron chi connectivity index (χ1n) is 13.6. The third kappa shape index (κ3) is 9.44. The third-order valence-corrected chi connectivity index (χ3v) is 5.89. The van der Waals surface area contributed by atoms with Gasteiger partial charge in [0.2, 0.25) is 5.95 Å². The molecule has 0 saturated heterocycles. The molecule has 10 nitrogen and oxygen atoms in total. The summed E-state index contributed by atoms with van der Waals surface area (Å²) in [6.07, 6.45) is 9.70. The van der Waals surface area contributed by atoms with Crippen molar-refractivity contribution in [3.05, 3.63) is 72.2 Å². The maximum absolute atomic E-state index is 13.4. The summed E-state index contributed by atoms with van der Waals surface area (Å²) in [6, 6.07) is 5.33. The number of nitrogens with one attached hydrogen (secondary N) is 1. The second-order valence-electron chi connectivity index (χ2n) is 11.7. The van der Waals surface area contributed by atoms with Crippen LogP contribution in [0.2, 0.25) is 5.02 Å². The van der Waals surface area contributed by atoms with E-state index in [0.29, 0.717) is 35.6 Å². The molecule has 11 heteroatoms. The normalized spacial score (nSPS) is 11.8. The Balaban J connectivity index is 1.95. The van der Waals surface area contributed by atoms with Crippen LogP contribution in [-0.2, 0) is 16.0 Å². The average molecular weight is 595 g/mol. The molecule has 0 saturated carbocycles. The number of aromatic nitrogens is 4. The number of aryl methyl sites for hydroxylation is 2. The summed E-state index contributed by atoms with van der Waals surface area (Å²) in [7, 11) is 0. The predicted octanol–water partition coefficient (Wildman–Crippen LogP) is 8.10. The van der Waals surface area contributed by atoms with Gasteiger partial charge >= 0.3 is 12.2 Å². The van der Waals surface area contributed by atoms with Crippen molar-refractivity contribution in [1.82, 2.24) is 19.7 Å². The number of allylic oxidation sites excluding steroid dienone is 2. The van der Waals surface area contributed by atoms with Crippen molar-refractivity contribution in [3.63, 3.8) is 0 Å². The monoisotopic (exact) mass is 594 g/mol. The van der Waals surface area contributed by atoms with E-state index in [-0.39, 0.29) is 23.0 Å². The van der Waals surface area contributed by atoms with Gasteiger partial charge in [-0.2, -0.15) is 5.10 Å². The van der Waals surface area contributed by atoms with E-state index < -0.39 is 17.8 Å². The van der Waals surface area contributed by atoms with E-state index in [1.807, 2.05) is 25.1 Å². The van der Waals surface area contributed by atoms with Crippen molar-refractivity contribution in [2.45, 2.75) is 67.0 Å². The number of carbonyl (C=O) groups excluding carboxylic acids is 2. The third-order valence-electron chi connectivity index (χ3n) is 5.62. The standard InChI is InChI=1S/C31H39ClN6O4/c1-9-10-15-37-20-23(18-34-37)38(29(40)42-31(6,7)8)27-33-19-25(32)26(36-27)24-17-22(13-12-21(24)2)35-28(39)41-16-11-14-30(3,4)5/h9,11-14,17-20H,1,10,15-16H2,2-8H3,(H,35,39). The summed E-state index contributed by atoms with van der Waals surface area (Å²) in [5.41, 5.74) is 2.00. The molecule has 224 valence electrons. The maximum atomic E-state index is 13.4. The van der Waals surface area contributed by atoms with Crippen LogP contribution in [0.5, 0.6) is 0 Å². The lowest BCUT2D eigenvalue weighted by molar-refractivity contribution is 0.0597. The molecular weight excluding hydrogens is 556 g/mol. The van der Waals surface area contributed by atoms with Gasteiger partial charge in [-0.05, 0) is 57.2 Å². The van der Waals surface area contributed by atoms with Crippen LogP contribution >= 0.6 is 11.6 Å². The molecule has 3 aromatic rings. The molecule has 0 unspecified atom stereocenters. The van der Waals surface area contributed by atoms with Gasteiger partial charge in [-0.25, -0.2) is 24.5 Å². The quantitative estimate of drug-likeness (QED) is 0.249. The van der Waals surface area contributed by atoms with Gasteiger partial charge in [0.15, 0.2) is 0 Å². The molecule has 0 atom stereocenters. The first-order chi connectivity index (χ1) is 19.7. The lowest BCUT2D eigenvalue weighted by atomic mass is 9.96. The molecular formula is C31H39ClN6O4. The Kier molecular flexibility index (Phi) is 10.5. The molecule has 0 fully saturated rings. The number of carbonyl (C=O) groups is 2. The van der Waals surface area contributed by atoms with Gasteiger partial charge in [-0.15, -0.1) is 6.58 Å². The molecule has 2 heterocycles. The molecule has 0 bridgehead atoms. The van der Waals surface area contributed by atoms with Crippen LogP contribution in [0.3, 0.4) is 0 Å². The van der Waals surface area contributed by atoms with Crippen molar-refractivity contribution in [2.75, 3.05) is 16.8 Å². The Labute approximate surface area is 252 Å². The largest absolute Gasteiger partial charge is 0.445 e. The number of hydrogen-bond donors (Lipinski definition) is 1. The van der Waals surface area contributed by atoms with E-state index in [1.165, 1.54) is 11.1 Å². The molecule has 2 amide bonds. The molecule has 3 rings (SSSR count). The van der Waals surface area contributed by atoms with Crippen LogP contribution < -0.4 is 10.2 Å². The molecule has 42 heavy (non-hydrogen) atoms. The number of hydrogen-bond acceptors (Lipinski definition) is 7. The van der Waals surface area contributed by atoms with Gasteiger partial charge in [0, 0.05) is 24.0 Å². The minimum Gasteiger partial charge on any atom is -0.445 e. The SMILES string of the molecule is C=CCCn1cc(N(C(=O)OC(C)(C)C)c2ncc(Cl)c(-c3cc(NC(=O)OCC=CC(C)(C)C)ccc3C)n2)cn1. The Morgan fingerprint density at radius 2 is 1.90 bits per heavy atom. The Morgan fingerprint density at radius 1 is 1.17 bits per heavy atom. The summed E-state index contributed by atoms with van der Waals surface area (Å²) in [4.78, 5) is 36.1. The second-order valence-corrected chi connectivity index (χ2v) is 12.2. The van der Waals surface area contributed by atoms with Crippen LogP contribution in [0.25, 0.3) is 11.3 Å². The summed E-state index contributed by atoms with van der Waals surface area (Å²) >= 11 is 6.57. The Morgan fingerprint density at radius 3 is 2.57 bits per heavy atom. The molecule has 0 aliphatic rings.